The van der Waals surface area contributed by atoms with Crippen molar-refractivity contribution < 1.29 is 33.3 Å². The second-order valence-electron chi connectivity index (χ2n) is 8.95. The summed E-state index contributed by atoms with van der Waals surface area (Å²) in [7, 11) is 3.15. The molecule has 1 aliphatic rings. The van der Waals surface area contributed by atoms with Gasteiger partial charge in [0.2, 0.25) is 0 Å². The fourth-order valence-electron chi connectivity index (χ4n) is 3.72. The van der Waals surface area contributed by atoms with Crippen molar-refractivity contribution in [1.82, 2.24) is 5.32 Å². The van der Waals surface area contributed by atoms with Gasteiger partial charge in [0.1, 0.15) is 5.60 Å². The molecule has 1 fully saturated rings. The van der Waals surface area contributed by atoms with Gasteiger partial charge in [-0.05, 0) is 51.3 Å². The van der Waals surface area contributed by atoms with Crippen LogP contribution in [0.2, 0.25) is 0 Å². The molecule has 8 nitrogen and oxygen atoms in total. The van der Waals surface area contributed by atoms with E-state index in [-0.39, 0.29) is 5.78 Å². The number of methoxy groups -OCH3 is 2. The third-order valence-corrected chi connectivity index (χ3v) is 5.28. The van der Waals surface area contributed by atoms with Gasteiger partial charge < -0.3 is 29.0 Å². The highest BCUT2D eigenvalue weighted by Gasteiger charge is 2.30. The monoisotopic (exact) mass is 471 g/mol. The van der Waals surface area contributed by atoms with Crippen LogP contribution in [0.1, 0.15) is 55.0 Å². The number of ketones is 1. The van der Waals surface area contributed by atoms with Crippen molar-refractivity contribution in [3.05, 3.63) is 59.2 Å². The quantitative estimate of drug-likeness (QED) is 0.540. The molecule has 0 bridgehead atoms. The number of amides is 1. The predicted molar refractivity (Wildman–Crippen MR) is 126 cm³/mol. The summed E-state index contributed by atoms with van der Waals surface area (Å²) >= 11 is 0. The Morgan fingerprint density at radius 3 is 2.35 bits per heavy atom. The largest absolute Gasteiger partial charge is 0.493 e. The molecule has 1 heterocycles. The first-order valence-corrected chi connectivity index (χ1v) is 11.3. The van der Waals surface area contributed by atoms with Crippen LogP contribution in [0.4, 0.5) is 4.79 Å². The normalized spacial score (nSPS) is 15.0. The zero-order valence-corrected chi connectivity index (χ0v) is 20.4. The third-order valence-electron chi connectivity index (χ3n) is 5.28. The van der Waals surface area contributed by atoms with Crippen molar-refractivity contribution in [1.29, 1.82) is 0 Å². The second kappa shape index (κ2) is 11.4. The van der Waals surface area contributed by atoms with E-state index in [0.29, 0.717) is 48.7 Å². The van der Waals surface area contributed by atoms with Crippen molar-refractivity contribution in [3.8, 4) is 11.5 Å². The maximum Gasteiger partial charge on any atom is 0.408 e. The molecule has 1 amide bonds. The number of rotatable bonds is 9. The Morgan fingerprint density at radius 2 is 1.71 bits per heavy atom. The maximum atomic E-state index is 13.6. The minimum Gasteiger partial charge on any atom is -0.493 e. The van der Waals surface area contributed by atoms with Crippen LogP contribution in [0.5, 0.6) is 11.5 Å². The molecule has 3 rings (SSSR count). The minimum absolute atomic E-state index is 0.235. The highest BCUT2D eigenvalue weighted by atomic mass is 16.7. The van der Waals surface area contributed by atoms with Crippen molar-refractivity contribution in [2.45, 2.75) is 51.5 Å². The zero-order valence-electron chi connectivity index (χ0n) is 20.4. The van der Waals surface area contributed by atoms with E-state index in [1.165, 1.54) is 0 Å². The molecular formula is C26H33NO7. The highest BCUT2D eigenvalue weighted by Crippen LogP contribution is 2.30. The summed E-state index contributed by atoms with van der Waals surface area (Å²) in [5.74, 6) is 0.987. The molecule has 2 aromatic rings. The molecule has 0 radical (unpaired) electrons. The van der Waals surface area contributed by atoms with Crippen molar-refractivity contribution >= 4 is 11.9 Å². The zero-order chi connectivity index (χ0) is 24.7. The van der Waals surface area contributed by atoms with E-state index in [9.17, 15) is 9.59 Å². The van der Waals surface area contributed by atoms with E-state index in [4.69, 9.17) is 23.7 Å². The Labute approximate surface area is 200 Å². The van der Waals surface area contributed by atoms with Crippen LogP contribution in [0, 0.1) is 0 Å². The van der Waals surface area contributed by atoms with Gasteiger partial charge in [0.05, 0.1) is 33.5 Å². The molecule has 1 N–H and O–H groups in total. The number of benzene rings is 2. The van der Waals surface area contributed by atoms with Crippen LogP contribution >= 0.6 is 0 Å². The Hall–Kier alpha value is -3.10. The van der Waals surface area contributed by atoms with Crippen LogP contribution in [0.15, 0.2) is 42.5 Å². The topological polar surface area (TPSA) is 92.3 Å². The lowest BCUT2D eigenvalue weighted by Crippen LogP contribution is -2.44. The van der Waals surface area contributed by atoms with Gasteiger partial charge in [0, 0.05) is 11.1 Å². The summed E-state index contributed by atoms with van der Waals surface area (Å²) in [5, 5.41) is 2.76. The van der Waals surface area contributed by atoms with Gasteiger partial charge in [-0.25, -0.2) is 4.79 Å². The van der Waals surface area contributed by atoms with Crippen molar-refractivity contribution in [3.63, 3.8) is 0 Å². The number of alkyl carbamates (subject to hydrolysis) is 1. The smallest absolute Gasteiger partial charge is 0.408 e. The van der Waals surface area contributed by atoms with E-state index >= 15 is 0 Å². The number of aryl methyl sites for hydroxylation is 1. The number of carbonyl (C=O) groups excluding carboxylic acids is 2. The Morgan fingerprint density at radius 1 is 1.03 bits per heavy atom. The van der Waals surface area contributed by atoms with Crippen LogP contribution in [-0.2, 0) is 20.6 Å². The summed E-state index contributed by atoms with van der Waals surface area (Å²) in [4.78, 5) is 26.2. The second-order valence-corrected chi connectivity index (χ2v) is 8.95. The molecule has 0 aliphatic carbocycles. The van der Waals surface area contributed by atoms with Crippen LogP contribution < -0.4 is 14.8 Å². The first-order chi connectivity index (χ1) is 16.2. The molecular weight excluding hydrogens is 438 g/mol. The van der Waals surface area contributed by atoms with Gasteiger partial charge in [-0.3, -0.25) is 4.79 Å². The lowest BCUT2D eigenvalue weighted by atomic mass is 9.94. The number of ether oxygens (including phenoxy) is 5. The average molecular weight is 472 g/mol. The van der Waals surface area contributed by atoms with Crippen molar-refractivity contribution in [2.75, 3.05) is 27.4 Å². The summed E-state index contributed by atoms with van der Waals surface area (Å²) < 4.78 is 27.3. The van der Waals surface area contributed by atoms with Gasteiger partial charge >= 0.3 is 6.09 Å². The molecule has 184 valence electrons. The summed E-state index contributed by atoms with van der Waals surface area (Å²) in [6.07, 6.45) is -0.378. The van der Waals surface area contributed by atoms with Gasteiger partial charge in [0.15, 0.2) is 23.6 Å². The standard InChI is InChI=1S/C26H33NO7/c1-26(2,3)34-25(29)27-20(12-10-17-11-13-21(30-4)22(16-17)31-5)23(28)18-8-6-7-9-19(18)24-32-14-15-33-24/h6-9,11,13,16,20,24H,10,12,14-15H2,1-5H3,(H,27,29)/t20-/m1/s1. The lowest BCUT2D eigenvalue weighted by molar-refractivity contribution is -0.0445. The fraction of sp³-hybridized carbons (Fsp3) is 0.462. The van der Waals surface area contributed by atoms with E-state index in [0.717, 1.165) is 5.56 Å². The Bertz CT molecular complexity index is 993. The molecule has 0 unspecified atom stereocenters. The Kier molecular flexibility index (Phi) is 8.52. The first-order valence-electron chi connectivity index (χ1n) is 11.3. The average Bonchev–Trinajstić information content (AvgIpc) is 3.34. The number of hydrogen-bond donors (Lipinski definition) is 1. The Balaban J connectivity index is 1.84. The van der Waals surface area contributed by atoms with E-state index in [1.54, 1.807) is 47.1 Å². The van der Waals surface area contributed by atoms with E-state index in [1.807, 2.05) is 30.3 Å². The van der Waals surface area contributed by atoms with E-state index < -0.39 is 24.0 Å². The van der Waals surface area contributed by atoms with Crippen LogP contribution in [0.25, 0.3) is 0 Å². The van der Waals surface area contributed by atoms with Crippen molar-refractivity contribution in [2.24, 2.45) is 0 Å². The molecule has 2 aromatic carbocycles. The van der Waals surface area contributed by atoms with E-state index in [2.05, 4.69) is 5.32 Å². The molecule has 1 atom stereocenters. The fourth-order valence-corrected chi connectivity index (χ4v) is 3.72. The van der Waals surface area contributed by atoms with Gasteiger partial charge in [-0.2, -0.15) is 0 Å². The molecule has 0 spiro atoms. The SMILES string of the molecule is COc1ccc(CC[C@@H](NC(=O)OC(C)(C)C)C(=O)c2ccccc2C2OCCO2)cc1OC. The highest BCUT2D eigenvalue weighted by molar-refractivity contribution is 6.02. The number of carbonyl (C=O) groups is 2. The number of nitrogens with one attached hydrogen (secondary N) is 1. The summed E-state index contributed by atoms with van der Waals surface area (Å²) in [6, 6.07) is 11.9. The third kappa shape index (κ3) is 6.71. The molecule has 1 saturated heterocycles. The maximum absolute atomic E-state index is 13.6. The van der Waals surface area contributed by atoms with Crippen LogP contribution in [0.3, 0.4) is 0 Å². The molecule has 34 heavy (non-hydrogen) atoms. The number of hydrogen-bond acceptors (Lipinski definition) is 7. The summed E-state index contributed by atoms with van der Waals surface area (Å²) in [6.45, 7) is 6.25. The molecule has 0 aromatic heterocycles. The first kappa shape index (κ1) is 25.5. The van der Waals surface area contributed by atoms with Crippen LogP contribution in [-0.4, -0.2) is 51.0 Å². The number of Topliss-reactive ketones (excluding diaryl/α,β-unsaturated/α-hetero) is 1. The molecule has 0 saturated carbocycles. The molecule has 1 aliphatic heterocycles. The predicted octanol–water partition coefficient (Wildman–Crippen LogP) is 4.46. The molecule has 8 heteroatoms. The lowest BCUT2D eigenvalue weighted by Gasteiger charge is -2.24. The van der Waals surface area contributed by atoms with Gasteiger partial charge in [-0.1, -0.05) is 30.3 Å². The summed E-state index contributed by atoms with van der Waals surface area (Å²) in [5.41, 5.74) is 1.34. The minimum atomic E-state index is -0.814. The van der Waals surface area contributed by atoms with Gasteiger partial charge in [0.25, 0.3) is 0 Å². The van der Waals surface area contributed by atoms with Gasteiger partial charge in [-0.15, -0.1) is 0 Å².